The molecular formula is C12H17N5O. The summed E-state index contributed by atoms with van der Waals surface area (Å²) >= 11 is 0. The maximum absolute atomic E-state index is 10.2. The van der Waals surface area contributed by atoms with Crippen LogP contribution < -0.4 is 5.73 Å². The first-order chi connectivity index (χ1) is 8.77. The van der Waals surface area contributed by atoms with Crippen LogP contribution in [-0.4, -0.2) is 30.7 Å². The number of imidazole rings is 1. The first kappa shape index (κ1) is 11.4. The Labute approximate surface area is 105 Å². The zero-order valence-electron chi connectivity index (χ0n) is 10.2. The molecule has 1 fully saturated rings. The number of nitrogens with two attached hydrogens (primary N) is 1. The van der Waals surface area contributed by atoms with Gasteiger partial charge in [0.05, 0.1) is 18.5 Å². The second-order valence-corrected chi connectivity index (χ2v) is 4.86. The maximum Gasteiger partial charge on any atom is 0.165 e. The SMILES string of the molecule is Nc1ncnc2c1ncn2[C@@H]1CCCCC[C@H]1O. The van der Waals surface area contributed by atoms with Gasteiger partial charge in [-0.15, -0.1) is 0 Å². The first-order valence-electron chi connectivity index (χ1n) is 6.38. The van der Waals surface area contributed by atoms with Gasteiger partial charge in [-0.05, 0) is 12.8 Å². The van der Waals surface area contributed by atoms with Gasteiger partial charge in [0.25, 0.3) is 0 Å². The third-order valence-corrected chi connectivity index (χ3v) is 3.69. The number of rotatable bonds is 1. The standard InChI is InChI=1S/C12H17N5O/c13-11-10-12(15-6-14-11)17(7-16-10)8-4-2-1-3-5-9(8)18/h6-9,18H,1-5H2,(H2,13,14,15)/t8-,9-/m1/s1. The van der Waals surface area contributed by atoms with E-state index in [-0.39, 0.29) is 12.1 Å². The molecule has 2 atom stereocenters. The van der Waals surface area contributed by atoms with Gasteiger partial charge in [-0.2, -0.15) is 0 Å². The van der Waals surface area contributed by atoms with Crippen LogP contribution in [-0.2, 0) is 0 Å². The van der Waals surface area contributed by atoms with E-state index in [1.54, 1.807) is 6.33 Å². The van der Waals surface area contributed by atoms with Crippen molar-refractivity contribution in [1.82, 2.24) is 19.5 Å². The number of hydrogen-bond donors (Lipinski definition) is 2. The van der Waals surface area contributed by atoms with Crippen molar-refractivity contribution < 1.29 is 5.11 Å². The van der Waals surface area contributed by atoms with Crippen LogP contribution in [0.3, 0.4) is 0 Å². The lowest BCUT2D eigenvalue weighted by molar-refractivity contribution is 0.107. The van der Waals surface area contributed by atoms with E-state index in [1.807, 2.05) is 4.57 Å². The van der Waals surface area contributed by atoms with E-state index in [0.717, 1.165) is 25.7 Å². The topological polar surface area (TPSA) is 89.9 Å². The molecule has 2 heterocycles. The van der Waals surface area contributed by atoms with Crippen LogP contribution in [0.2, 0.25) is 0 Å². The molecule has 0 aromatic carbocycles. The van der Waals surface area contributed by atoms with Crippen LogP contribution in [0.25, 0.3) is 11.2 Å². The van der Waals surface area contributed by atoms with E-state index in [4.69, 9.17) is 5.73 Å². The highest BCUT2D eigenvalue weighted by molar-refractivity contribution is 5.81. The molecule has 0 saturated heterocycles. The maximum atomic E-state index is 10.2. The molecule has 1 saturated carbocycles. The Kier molecular flexibility index (Phi) is 2.87. The number of fused-ring (bicyclic) bond motifs is 1. The van der Waals surface area contributed by atoms with Gasteiger partial charge in [0.2, 0.25) is 0 Å². The Bertz CT molecular complexity index is 552. The van der Waals surface area contributed by atoms with Crippen LogP contribution in [0, 0.1) is 0 Å². The number of nitrogens with zero attached hydrogens (tertiary/aromatic N) is 4. The second kappa shape index (κ2) is 4.53. The lowest BCUT2D eigenvalue weighted by atomic mass is 10.1. The molecule has 6 nitrogen and oxygen atoms in total. The Hall–Kier alpha value is -1.69. The number of aliphatic hydroxyl groups excluding tert-OH is 1. The summed E-state index contributed by atoms with van der Waals surface area (Å²) in [5.74, 6) is 0.391. The molecule has 1 aliphatic carbocycles. The van der Waals surface area contributed by atoms with Crippen molar-refractivity contribution in [2.45, 2.75) is 44.2 Å². The Morgan fingerprint density at radius 2 is 2.00 bits per heavy atom. The molecule has 0 radical (unpaired) electrons. The van der Waals surface area contributed by atoms with Gasteiger partial charge in [0.1, 0.15) is 11.8 Å². The molecule has 0 bridgehead atoms. The van der Waals surface area contributed by atoms with Gasteiger partial charge in [-0.1, -0.05) is 19.3 Å². The third kappa shape index (κ3) is 1.82. The van der Waals surface area contributed by atoms with E-state index >= 15 is 0 Å². The van der Waals surface area contributed by atoms with E-state index in [1.165, 1.54) is 12.7 Å². The van der Waals surface area contributed by atoms with Crippen molar-refractivity contribution >= 4 is 17.0 Å². The molecule has 0 unspecified atom stereocenters. The molecule has 3 N–H and O–H groups in total. The Morgan fingerprint density at radius 3 is 2.89 bits per heavy atom. The molecular weight excluding hydrogens is 230 g/mol. The van der Waals surface area contributed by atoms with Gasteiger partial charge in [0.15, 0.2) is 11.5 Å². The first-order valence-corrected chi connectivity index (χ1v) is 6.38. The highest BCUT2D eigenvalue weighted by atomic mass is 16.3. The van der Waals surface area contributed by atoms with Crippen LogP contribution in [0.15, 0.2) is 12.7 Å². The van der Waals surface area contributed by atoms with Crippen molar-refractivity contribution in [3.8, 4) is 0 Å². The normalized spacial score (nSPS) is 25.2. The fourth-order valence-electron chi connectivity index (χ4n) is 2.71. The summed E-state index contributed by atoms with van der Waals surface area (Å²) in [5.41, 5.74) is 7.11. The van der Waals surface area contributed by atoms with Crippen LogP contribution in [0.1, 0.15) is 38.1 Å². The molecule has 0 spiro atoms. The predicted octanol–water partition coefficient (Wildman–Crippen LogP) is 1.27. The third-order valence-electron chi connectivity index (χ3n) is 3.69. The van der Waals surface area contributed by atoms with Crippen molar-refractivity contribution in [3.05, 3.63) is 12.7 Å². The Balaban J connectivity index is 2.05. The molecule has 1 aliphatic rings. The summed E-state index contributed by atoms with van der Waals surface area (Å²) in [6.07, 6.45) is 8.01. The summed E-state index contributed by atoms with van der Waals surface area (Å²) in [7, 11) is 0. The Morgan fingerprint density at radius 1 is 1.17 bits per heavy atom. The van der Waals surface area contributed by atoms with Crippen LogP contribution in [0.4, 0.5) is 5.82 Å². The predicted molar refractivity (Wildman–Crippen MR) is 67.9 cm³/mol. The average Bonchev–Trinajstić information content (AvgIpc) is 2.68. The van der Waals surface area contributed by atoms with E-state index in [0.29, 0.717) is 17.0 Å². The zero-order valence-corrected chi connectivity index (χ0v) is 10.2. The molecule has 18 heavy (non-hydrogen) atoms. The van der Waals surface area contributed by atoms with Gasteiger partial charge in [0, 0.05) is 0 Å². The molecule has 2 aromatic heterocycles. The summed E-state index contributed by atoms with van der Waals surface area (Å²) < 4.78 is 1.95. The fraction of sp³-hybridized carbons (Fsp3) is 0.583. The summed E-state index contributed by atoms with van der Waals surface area (Å²) in [6, 6.07) is 0.0480. The molecule has 0 aliphatic heterocycles. The van der Waals surface area contributed by atoms with Crippen molar-refractivity contribution in [2.75, 3.05) is 5.73 Å². The molecule has 6 heteroatoms. The fourth-order valence-corrected chi connectivity index (χ4v) is 2.71. The van der Waals surface area contributed by atoms with Crippen LogP contribution in [0.5, 0.6) is 0 Å². The van der Waals surface area contributed by atoms with Gasteiger partial charge in [-0.25, -0.2) is 15.0 Å². The van der Waals surface area contributed by atoms with Crippen molar-refractivity contribution in [1.29, 1.82) is 0 Å². The summed E-state index contributed by atoms with van der Waals surface area (Å²) in [6.45, 7) is 0. The van der Waals surface area contributed by atoms with Crippen molar-refractivity contribution in [3.63, 3.8) is 0 Å². The lowest BCUT2D eigenvalue weighted by Gasteiger charge is -2.21. The lowest BCUT2D eigenvalue weighted by Crippen LogP contribution is -2.22. The summed E-state index contributed by atoms with van der Waals surface area (Å²) in [4.78, 5) is 12.4. The van der Waals surface area contributed by atoms with Crippen molar-refractivity contribution in [2.24, 2.45) is 0 Å². The number of anilines is 1. The smallest absolute Gasteiger partial charge is 0.165 e. The molecule has 3 rings (SSSR count). The van der Waals surface area contributed by atoms with E-state index < -0.39 is 0 Å². The largest absolute Gasteiger partial charge is 0.391 e. The average molecular weight is 247 g/mol. The van der Waals surface area contributed by atoms with Crippen LogP contribution >= 0.6 is 0 Å². The minimum Gasteiger partial charge on any atom is -0.391 e. The second-order valence-electron chi connectivity index (χ2n) is 4.86. The molecule has 2 aromatic rings. The highest BCUT2D eigenvalue weighted by Gasteiger charge is 2.25. The number of aliphatic hydroxyl groups is 1. The monoisotopic (exact) mass is 247 g/mol. The van der Waals surface area contributed by atoms with Gasteiger partial charge < -0.3 is 15.4 Å². The number of aromatic nitrogens is 4. The van der Waals surface area contributed by atoms with Gasteiger partial charge >= 0.3 is 0 Å². The van der Waals surface area contributed by atoms with Gasteiger partial charge in [-0.3, -0.25) is 0 Å². The number of hydrogen-bond acceptors (Lipinski definition) is 5. The highest BCUT2D eigenvalue weighted by Crippen LogP contribution is 2.30. The van der Waals surface area contributed by atoms with E-state index in [2.05, 4.69) is 15.0 Å². The summed E-state index contributed by atoms with van der Waals surface area (Å²) in [5, 5.41) is 10.2. The number of nitrogen functional groups attached to an aromatic ring is 1. The van der Waals surface area contributed by atoms with E-state index in [9.17, 15) is 5.11 Å². The molecule has 0 amide bonds. The minimum atomic E-state index is -0.332. The minimum absolute atomic E-state index is 0.0480. The molecule has 96 valence electrons. The quantitative estimate of drug-likeness (QED) is 0.741. The zero-order chi connectivity index (χ0) is 12.5.